The lowest BCUT2D eigenvalue weighted by Gasteiger charge is -2.56. The summed E-state index contributed by atoms with van der Waals surface area (Å²) in [7, 11) is 2.16. The molecule has 2 saturated carbocycles. The Morgan fingerprint density at radius 3 is 3.00 bits per heavy atom. The molecule has 1 spiro atoms. The average Bonchev–Trinajstić information content (AvgIpc) is 3.09. The maximum absolute atomic E-state index is 13.5. The van der Waals surface area contributed by atoms with Crippen molar-refractivity contribution >= 4 is 11.6 Å². The van der Waals surface area contributed by atoms with Crippen molar-refractivity contribution in [3.05, 3.63) is 29.8 Å². The molecule has 2 saturated heterocycles. The number of rotatable bonds is 1. The van der Waals surface area contributed by atoms with E-state index in [4.69, 9.17) is 4.74 Å². The van der Waals surface area contributed by atoms with Crippen molar-refractivity contribution in [1.29, 1.82) is 0 Å². The number of aliphatic hydroxyl groups excluding tert-OH is 1. The molecule has 2 aliphatic carbocycles. The van der Waals surface area contributed by atoms with E-state index in [9.17, 15) is 9.90 Å². The van der Waals surface area contributed by atoms with Gasteiger partial charge < -0.3 is 20.1 Å². The van der Waals surface area contributed by atoms with Gasteiger partial charge in [-0.05, 0) is 37.9 Å². The van der Waals surface area contributed by atoms with Gasteiger partial charge in [0.2, 0.25) is 5.91 Å². The lowest BCUT2D eigenvalue weighted by atomic mass is 9.50. The van der Waals surface area contributed by atoms with E-state index in [2.05, 4.69) is 23.3 Å². The summed E-state index contributed by atoms with van der Waals surface area (Å²) in [5, 5.41) is 14.1. The van der Waals surface area contributed by atoms with E-state index in [1.807, 2.05) is 25.1 Å². The van der Waals surface area contributed by atoms with Crippen molar-refractivity contribution < 1.29 is 14.6 Å². The number of carbonyl (C=O) groups excluding carboxylic acids is 1. The van der Waals surface area contributed by atoms with Crippen LogP contribution in [0.3, 0.4) is 0 Å². The van der Waals surface area contributed by atoms with E-state index >= 15 is 0 Å². The Bertz CT molecular complexity index is 795. The Hall–Kier alpha value is -1.43. The topological polar surface area (TPSA) is 61.8 Å². The highest BCUT2D eigenvalue weighted by Gasteiger charge is 2.81. The van der Waals surface area contributed by atoms with Crippen LogP contribution >= 0.6 is 0 Å². The number of para-hydroxylation sites is 1. The molecule has 0 radical (unpaired) electrons. The molecule has 8 atom stereocenters. The minimum atomic E-state index is -0.662. The highest BCUT2D eigenvalue weighted by Crippen LogP contribution is 2.73. The van der Waals surface area contributed by atoms with Crippen LogP contribution in [0.5, 0.6) is 0 Å². The molecule has 6 rings (SSSR count). The summed E-state index contributed by atoms with van der Waals surface area (Å²) in [5.41, 5.74) is 1.14. The standard InChI is InChI=1S/C20H24N2O3/c1-10(23)19-9-22(2)16-11-8-25-15(7-13(11)19)20(17(16)19)12-5-3-4-6-14(12)21-18(20)24/h3-6,10-11,13,15-17,23H,7-9H2,1-2H3,(H,21,24)/t10-,11+,13-,15-,16-,17+,19-,20+/m1/s1. The van der Waals surface area contributed by atoms with Crippen molar-refractivity contribution in [3.8, 4) is 0 Å². The van der Waals surface area contributed by atoms with E-state index in [0.29, 0.717) is 24.5 Å². The maximum Gasteiger partial charge on any atom is 0.238 e. The van der Waals surface area contributed by atoms with Gasteiger partial charge in [0.25, 0.3) is 0 Å². The summed E-state index contributed by atoms with van der Waals surface area (Å²) in [6.45, 7) is 3.53. The first-order chi connectivity index (χ1) is 12.0. The minimum absolute atomic E-state index is 0.0780. The van der Waals surface area contributed by atoms with Crippen LogP contribution in [0.2, 0.25) is 0 Å². The first-order valence-corrected chi connectivity index (χ1v) is 9.43. The number of anilines is 1. The van der Waals surface area contributed by atoms with E-state index in [1.165, 1.54) is 0 Å². The number of likely N-dealkylation sites (tertiary alicyclic amines) is 1. The molecule has 5 bridgehead atoms. The van der Waals surface area contributed by atoms with Gasteiger partial charge in [-0.3, -0.25) is 4.79 Å². The quantitative estimate of drug-likeness (QED) is 0.807. The van der Waals surface area contributed by atoms with Crippen molar-refractivity contribution in [2.24, 2.45) is 23.2 Å². The number of nitrogens with zero attached hydrogens (tertiary/aromatic N) is 1. The molecule has 0 aromatic heterocycles. The van der Waals surface area contributed by atoms with Gasteiger partial charge in [-0.1, -0.05) is 18.2 Å². The van der Waals surface area contributed by atoms with E-state index < -0.39 is 11.5 Å². The third-order valence-electron chi connectivity index (χ3n) is 8.33. The van der Waals surface area contributed by atoms with Gasteiger partial charge in [0.05, 0.1) is 18.8 Å². The SMILES string of the molecule is C[C@@H](O)[C@]12CN(C)[C@@H]3[C@H]4CO[C@H](C[C@H]41)[C@]1(C(=O)Nc4ccccc41)[C@@H]32. The zero-order valence-corrected chi connectivity index (χ0v) is 14.6. The van der Waals surface area contributed by atoms with Gasteiger partial charge in [0.1, 0.15) is 5.41 Å². The van der Waals surface area contributed by atoms with E-state index in [-0.39, 0.29) is 23.3 Å². The summed E-state index contributed by atoms with van der Waals surface area (Å²) in [6, 6.07) is 8.40. The van der Waals surface area contributed by atoms with Gasteiger partial charge in [0, 0.05) is 35.5 Å². The third kappa shape index (κ3) is 1.30. The number of piperidine rings is 1. The van der Waals surface area contributed by atoms with Gasteiger partial charge in [-0.2, -0.15) is 0 Å². The maximum atomic E-state index is 13.5. The molecule has 1 aromatic rings. The lowest BCUT2D eigenvalue weighted by Crippen LogP contribution is -2.65. The molecule has 132 valence electrons. The van der Waals surface area contributed by atoms with Crippen LogP contribution < -0.4 is 5.32 Å². The van der Waals surface area contributed by atoms with Crippen LogP contribution in [0.1, 0.15) is 18.9 Å². The Labute approximate surface area is 147 Å². The van der Waals surface area contributed by atoms with Gasteiger partial charge in [-0.15, -0.1) is 0 Å². The minimum Gasteiger partial charge on any atom is -0.393 e. The molecule has 5 nitrogen and oxygen atoms in total. The Kier molecular flexibility index (Phi) is 2.51. The molecular weight excluding hydrogens is 316 g/mol. The Balaban J connectivity index is 1.68. The monoisotopic (exact) mass is 340 g/mol. The normalized spacial score (nSPS) is 50.4. The average molecular weight is 340 g/mol. The second-order valence-corrected chi connectivity index (χ2v) is 8.87. The molecule has 1 aromatic carbocycles. The first-order valence-electron chi connectivity index (χ1n) is 9.43. The molecule has 0 unspecified atom stereocenters. The molecule has 4 fully saturated rings. The molecule has 5 aliphatic rings. The summed E-state index contributed by atoms with van der Waals surface area (Å²) < 4.78 is 6.32. The number of nitrogens with one attached hydrogen (secondary N) is 1. The van der Waals surface area contributed by atoms with E-state index in [0.717, 1.165) is 24.2 Å². The van der Waals surface area contributed by atoms with Crippen LogP contribution in [-0.4, -0.2) is 54.4 Å². The van der Waals surface area contributed by atoms with Gasteiger partial charge >= 0.3 is 0 Å². The summed E-state index contributed by atoms with van der Waals surface area (Å²) >= 11 is 0. The van der Waals surface area contributed by atoms with E-state index in [1.54, 1.807) is 0 Å². The number of fused-ring (bicyclic) bond motifs is 5. The first kappa shape index (κ1) is 14.7. The van der Waals surface area contributed by atoms with Gasteiger partial charge in [-0.25, -0.2) is 0 Å². The molecule has 5 heteroatoms. The molecule has 2 N–H and O–H groups in total. The number of aliphatic hydroxyl groups is 1. The highest BCUT2D eigenvalue weighted by molar-refractivity contribution is 6.07. The van der Waals surface area contributed by atoms with Crippen LogP contribution in [-0.2, 0) is 14.9 Å². The zero-order chi connectivity index (χ0) is 17.1. The molecular formula is C20H24N2O3. The summed E-state index contributed by atoms with van der Waals surface area (Å²) in [5.74, 6) is 1.08. The van der Waals surface area contributed by atoms with Crippen LogP contribution in [0, 0.1) is 23.2 Å². The lowest BCUT2D eigenvalue weighted by molar-refractivity contribution is -0.179. The van der Waals surface area contributed by atoms with Crippen LogP contribution in [0.4, 0.5) is 5.69 Å². The Morgan fingerprint density at radius 2 is 2.20 bits per heavy atom. The highest BCUT2D eigenvalue weighted by atomic mass is 16.5. The Morgan fingerprint density at radius 1 is 1.40 bits per heavy atom. The number of hydrogen-bond acceptors (Lipinski definition) is 4. The second-order valence-electron chi connectivity index (χ2n) is 8.87. The molecule has 1 amide bonds. The second kappa shape index (κ2) is 4.27. The predicted molar refractivity (Wildman–Crippen MR) is 92.1 cm³/mol. The molecule has 25 heavy (non-hydrogen) atoms. The third-order valence-corrected chi connectivity index (χ3v) is 8.33. The number of benzene rings is 1. The smallest absolute Gasteiger partial charge is 0.238 e. The van der Waals surface area contributed by atoms with Crippen molar-refractivity contribution in [1.82, 2.24) is 4.90 Å². The van der Waals surface area contributed by atoms with Crippen molar-refractivity contribution in [2.45, 2.75) is 37.0 Å². The largest absolute Gasteiger partial charge is 0.393 e. The molecule has 3 heterocycles. The van der Waals surface area contributed by atoms with Gasteiger partial charge in [0.15, 0.2) is 0 Å². The fraction of sp³-hybridized carbons (Fsp3) is 0.650. The number of hydrogen-bond donors (Lipinski definition) is 2. The molecule has 3 aliphatic heterocycles. The van der Waals surface area contributed by atoms with Crippen molar-refractivity contribution in [2.75, 3.05) is 25.5 Å². The number of ether oxygens (including phenoxy) is 1. The fourth-order valence-electron chi connectivity index (χ4n) is 7.74. The summed E-state index contributed by atoms with van der Waals surface area (Å²) in [4.78, 5) is 15.9. The van der Waals surface area contributed by atoms with Crippen LogP contribution in [0.25, 0.3) is 0 Å². The summed E-state index contributed by atoms with van der Waals surface area (Å²) in [6.07, 6.45) is 0.389. The fourth-order valence-corrected chi connectivity index (χ4v) is 7.74. The zero-order valence-electron chi connectivity index (χ0n) is 14.6. The van der Waals surface area contributed by atoms with Crippen LogP contribution in [0.15, 0.2) is 24.3 Å². The van der Waals surface area contributed by atoms with Crippen molar-refractivity contribution in [3.63, 3.8) is 0 Å². The number of carbonyl (C=O) groups is 1. The number of amides is 1. The predicted octanol–water partition coefficient (Wildman–Crippen LogP) is 1.22.